The molecule has 43 heavy (non-hydrogen) atoms. The van der Waals surface area contributed by atoms with Crippen LogP contribution in [0.1, 0.15) is 49.3 Å². The molecule has 3 heterocycles. The van der Waals surface area contributed by atoms with Crippen LogP contribution in [0.25, 0.3) is 0 Å². The van der Waals surface area contributed by atoms with E-state index in [0.29, 0.717) is 18.7 Å². The Labute approximate surface area is 261 Å². The highest BCUT2D eigenvalue weighted by molar-refractivity contribution is 7.93. The van der Waals surface area contributed by atoms with Crippen molar-refractivity contribution in [2.75, 3.05) is 29.3 Å². The van der Waals surface area contributed by atoms with E-state index >= 15 is 0 Å². The molecular formula is C31H32Cl2N4O5S. The quantitative estimate of drug-likeness (QED) is 0.351. The zero-order chi connectivity index (χ0) is 30.1. The molecule has 0 unspecified atom stereocenters. The number of hydrogen-bond acceptors (Lipinski definition) is 6. The van der Waals surface area contributed by atoms with Gasteiger partial charge in [-0.05, 0) is 67.9 Å². The zero-order valence-corrected chi connectivity index (χ0v) is 25.7. The number of carbonyl (C=O) groups is 2. The van der Waals surface area contributed by atoms with E-state index < -0.39 is 27.9 Å². The minimum absolute atomic E-state index is 0.0593. The third kappa shape index (κ3) is 6.20. The Morgan fingerprint density at radius 1 is 1.00 bits per heavy atom. The van der Waals surface area contributed by atoms with Crippen LogP contribution in [0, 0.1) is 0 Å². The second-order valence-corrected chi connectivity index (χ2v) is 13.7. The molecule has 0 aliphatic carbocycles. The van der Waals surface area contributed by atoms with Gasteiger partial charge in [-0.2, -0.15) is 0 Å². The van der Waals surface area contributed by atoms with E-state index in [0.717, 1.165) is 40.8 Å². The molecule has 3 aliphatic heterocycles. The van der Waals surface area contributed by atoms with Crippen LogP contribution in [0.2, 0.25) is 10.0 Å². The van der Waals surface area contributed by atoms with Gasteiger partial charge in [-0.25, -0.2) is 8.42 Å². The first kappa shape index (κ1) is 29.7. The number of ether oxygens (including phenoxy) is 1. The number of amides is 2. The van der Waals surface area contributed by atoms with Crippen molar-refractivity contribution in [3.8, 4) is 5.75 Å². The summed E-state index contributed by atoms with van der Waals surface area (Å²) >= 11 is 12.2. The Morgan fingerprint density at radius 2 is 1.79 bits per heavy atom. The van der Waals surface area contributed by atoms with Gasteiger partial charge < -0.3 is 15.4 Å². The minimum Gasteiger partial charge on any atom is -0.493 e. The maximum Gasteiger partial charge on any atom is 0.265 e. The second-order valence-electron chi connectivity index (χ2n) is 11.1. The van der Waals surface area contributed by atoms with Gasteiger partial charge in [-0.1, -0.05) is 53.9 Å². The minimum atomic E-state index is -4.32. The van der Waals surface area contributed by atoms with Crippen LogP contribution in [-0.2, 0) is 26.2 Å². The molecule has 3 aliphatic rings. The van der Waals surface area contributed by atoms with Crippen molar-refractivity contribution in [1.29, 1.82) is 0 Å². The first-order valence-corrected chi connectivity index (χ1v) is 16.6. The Balaban J connectivity index is 1.23. The molecule has 1 saturated heterocycles. The highest BCUT2D eigenvalue weighted by Crippen LogP contribution is 2.39. The number of halogens is 2. The van der Waals surface area contributed by atoms with Gasteiger partial charge in [-0.3, -0.25) is 18.8 Å². The monoisotopic (exact) mass is 642 g/mol. The number of rotatable bonds is 7. The molecule has 2 amide bonds. The largest absolute Gasteiger partial charge is 0.493 e. The van der Waals surface area contributed by atoms with Crippen molar-refractivity contribution >= 4 is 56.4 Å². The van der Waals surface area contributed by atoms with Gasteiger partial charge in [0.2, 0.25) is 11.8 Å². The average molecular weight is 644 g/mol. The Hall–Kier alpha value is -3.31. The fourth-order valence-corrected chi connectivity index (χ4v) is 7.99. The molecule has 2 N–H and O–H groups in total. The molecule has 226 valence electrons. The second kappa shape index (κ2) is 12.4. The maximum atomic E-state index is 14.0. The van der Waals surface area contributed by atoms with Gasteiger partial charge in [0.05, 0.1) is 45.4 Å². The summed E-state index contributed by atoms with van der Waals surface area (Å²) in [6.45, 7) is 3.47. The van der Waals surface area contributed by atoms with Crippen molar-refractivity contribution in [3.63, 3.8) is 0 Å². The molecule has 0 bridgehead atoms. The van der Waals surface area contributed by atoms with Crippen LogP contribution in [0.4, 0.5) is 11.4 Å². The summed E-state index contributed by atoms with van der Waals surface area (Å²) in [7, 11) is -4.32. The predicted octanol–water partition coefficient (Wildman–Crippen LogP) is 5.53. The lowest BCUT2D eigenvalue weighted by Crippen LogP contribution is -2.53. The normalized spacial score (nSPS) is 20.4. The van der Waals surface area contributed by atoms with E-state index in [1.807, 2.05) is 12.1 Å². The third-order valence-electron chi connectivity index (χ3n) is 8.12. The molecular weight excluding hydrogens is 611 g/mol. The van der Waals surface area contributed by atoms with Crippen LogP contribution in [-0.4, -0.2) is 50.9 Å². The van der Waals surface area contributed by atoms with Crippen molar-refractivity contribution < 1.29 is 22.7 Å². The number of anilines is 2. The van der Waals surface area contributed by atoms with Crippen LogP contribution in [0.5, 0.6) is 5.75 Å². The fraction of sp³-hybridized carbons (Fsp3) is 0.355. The lowest BCUT2D eigenvalue weighted by atomic mass is 9.97. The van der Waals surface area contributed by atoms with Crippen molar-refractivity contribution in [3.05, 3.63) is 81.8 Å². The highest BCUT2D eigenvalue weighted by Gasteiger charge is 2.42. The number of para-hydroxylation sites is 2. The summed E-state index contributed by atoms with van der Waals surface area (Å²) in [5, 5.41) is 6.04. The molecule has 0 radical (unpaired) electrons. The molecule has 6 rings (SSSR count). The number of benzene rings is 3. The molecule has 3 aromatic rings. The summed E-state index contributed by atoms with van der Waals surface area (Å²) in [4.78, 5) is 29.1. The summed E-state index contributed by atoms with van der Waals surface area (Å²) in [5.41, 5.74) is 2.60. The molecule has 12 heteroatoms. The lowest BCUT2D eigenvalue weighted by molar-refractivity contribution is -0.125. The number of fused-ring (bicyclic) bond motifs is 2. The van der Waals surface area contributed by atoms with Crippen molar-refractivity contribution in [1.82, 2.24) is 10.2 Å². The van der Waals surface area contributed by atoms with E-state index in [1.165, 1.54) is 37.5 Å². The number of sulfonamides is 1. The van der Waals surface area contributed by atoms with E-state index in [4.69, 9.17) is 27.9 Å². The molecule has 3 aromatic carbocycles. The van der Waals surface area contributed by atoms with E-state index in [-0.39, 0.29) is 33.1 Å². The molecule has 0 aromatic heterocycles. The Bertz CT molecular complexity index is 1660. The Morgan fingerprint density at radius 3 is 2.58 bits per heavy atom. The topological polar surface area (TPSA) is 108 Å². The number of nitrogens with zero attached hydrogens (tertiary/aromatic N) is 2. The number of piperidine rings is 1. The predicted molar refractivity (Wildman–Crippen MR) is 166 cm³/mol. The van der Waals surface area contributed by atoms with E-state index in [1.54, 1.807) is 24.3 Å². The number of hydrogen-bond donors (Lipinski definition) is 2. The van der Waals surface area contributed by atoms with Crippen molar-refractivity contribution in [2.24, 2.45) is 0 Å². The van der Waals surface area contributed by atoms with Crippen LogP contribution < -0.4 is 19.7 Å². The molecule has 1 fully saturated rings. The third-order valence-corrected chi connectivity index (χ3v) is 10.7. The van der Waals surface area contributed by atoms with Crippen LogP contribution >= 0.6 is 23.2 Å². The first-order chi connectivity index (χ1) is 20.7. The summed E-state index contributed by atoms with van der Waals surface area (Å²) in [5.74, 6) is -0.324. The standard InChI is InChI=1S/C31H32Cl2N4O5S/c32-23-11-9-21(17-24(23)33)43(40,41)37-27-7-3-2-6-26(27)35-31(39)28(37)18-30(38)34-25-12-15-42-29-16-20(8-10-22(25)29)19-36-13-4-1-5-14-36/h2-3,6-11,16-17,25,28H,1,4-5,12-15,18-19H2,(H,34,38)(H,35,39)/t25-,28-/m1/s1. The van der Waals surface area contributed by atoms with Gasteiger partial charge in [0, 0.05) is 18.5 Å². The number of nitrogens with one attached hydrogen (secondary N) is 2. The van der Waals surface area contributed by atoms with E-state index in [2.05, 4.69) is 21.6 Å². The first-order valence-electron chi connectivity index (χ1n) is 14.4. The summed E-state index contributed by atoms with van der Waals surface area (Å²) in [6, 6.07) is 14.9. The summed E-state index contributed by atoms with van der Waals surface area (Å²) in [6.07, 6.45) is 3.87. The lowest BCUT2D eigenvalue weighted by Gasteiger charge is -2.37. The molecule has 9 nitrogen and oxygen atoms in total. The number of carbonyl (C=O) groups excluding carboxylic acids is 2. The van der Waals surface area contributed by atoms with E-state index in [9.17, 15) is 18.0 Å². The number of likely N-dealkylation sites (tertiary alicyclic amines) is 1. The smallest absolute Gasteiger partial charge is 0.265 e. The van der Waals surface area contributed by atoms with Crippen LogP contribution in [0.15, 0.2) is 65.6 Å². The average Bonchev–Trinajstić information content (AvgIpc) is 2.99. The van der Waals surface area contributed by atoms with Gasteiger partial charge in [0.25, 0.3) is 10.0 Å². The van der Waals surface area contributed by atoms with Crippen molar-refractivity contribution in [2.45, 2.75) is 55.6 Å². The zero-order valence-electron chi connectivity index (χ0n) is 23.4. The van der Waals surface area contributed by atoms with Gasteiger partial charge in [0.15, 0.2) is 0 Å². The molecule has 2 atom stereocenters. The maximum absolute atomic E-state index is 14.0. The summed E-state index contributed by atoms with van der Waals surface area (Å²) < 4.78 is 34.9. The molecule has 0 saturated carbocycles. The van der Waals surface area contributed by atoms with Gasteiger partial charge in [-0.15, -0.1) is 0 Å². The SMILES string of the molecule is O=C(C[C@@H]1C(=O)Nc2ccccc2N1S(=O)(=O)c1ccc(Cl)c(Cl)c1)N[C@@H]1CCOc2cc(CN3CCCCC3)ccc21. The van der Waals surface area contributed by atoms with Gasteiger partial charge in [0.1, 0.15) is 11.8 Å². The highest BCUT2D eigenvalue weighted by atomic mass is 35.5. The molecule has 0 spiro atoms. The fourth-order valence-electron chi connectivity index (χ4n) is 5.97. The van der Waals surface area contributed by atoms with Gasteiger partial charge >= 0.3 is 0 Å². The Kier molecular flexibility index (Phi) is 8.55. The van der Waals surface area contributed by atoms with Crippen LogP contribution in [0.3, 0.4) is 0 Å².